The maximum absolute atomic E-state index is 11.9. The molecule has 3 heterocycles. The first kappa shape index (κ1) is 16.4. The first-order valence-electron chi connectivity index (χ1n) is 7.49. The standard InChI is InChI=1S/C16H19N5O2S/c1-8-12-14(17-6-11-7-18-21(4)9(11)2)19-10(3)20-15(12)24-13(8)16(22)23-5/h7H,6H2,1-5H3,(H,17,19,20). The van der Waals surface area contributed by atoms with E-state index in [1.165, 1.54) is 18.4 Å². The second-order valence-corrected chi connectivity index (χ2v) is 6.58. The van der Waals surface area contributed by atoms with Gasteiger partial charge in [0.2, 0.25) is 0 Å². The summed E-state index contributed by atoms with van der Waals surface area (Å²) < 4.78 is 6.69. The second kappa shape index (κ2) is 6.20. The Labute approximate surface area is 143 Å². The van der Waals surface area contributed by atoms with E-state index in [1.54, 1.807) is 0 Å². The summed E-state index contributed by atoms with van der Waals surface area (Å²) >= 11 is 1.33. The van der Waals surface area contributed by atoms with Crippen molar-refractivity contribution in [3.8, 4) is 0 Å². The number of fused-ring (bicyclic) bond motifs is 1. The molecule has 3 aromatic rings. The summed E-state index contributed by atoms with van der Waals surface area (Å²) in [4.78, 5) is 22.3. The normalized spacial score (nSPS) is 11.0. The van der Waals surface area contributed by atoms with Crippen molar-refractivity contribution in [2.75, 3.05) is 12.4 Å². The van der Waals surface area contributed by atoms with E-state index >= 15 is 0 Å². The highest BCUT2D eigenvalue weighted by Gasteiger charge is 2.20. The number of nitrogens with zero attached hydrogens (tertiary/aromatic N) is 4. The van der Waals surface area contributed by atoms with Gasteiger partial charge in [-0.25, -0.2) is 14.8 Å². The lowest BCUT2D eigenvalue weighted by Crippen LogP contribution is -2.05. The smallest absolute Gasteiger partial charge is 0.348 e. The van der Waals surface area contributed by atoms with Crippen molar-refractivity contribution in [3.05, 3.63) is 33.7 Å². The molecular weight excluding hydrogens is 326 g/mol. The summed E-state index contributed by atoms with van der Waals surface area (Å²) in [6.45, 7) is 6.36. The van der Waals surface area contributed by atoms with Crippen LogP contribution in [0.2, 0.25) is 0 Å². The van der Waals surface area contributed by atoms with Crippen molar-refractivity contribution in [1.82, 2.24) is 19.7 Å². The fraction of sp³-hybridized carbons (Fsp3) is 0.375. The zero-order valence-electron chi connectivity index (χ0n) is 14.3. The largest absolute Gasteiger partial charge is 0.465 e. The molecule has 8 heteroatoms. The molecule has 3 rings (SSSR count). The van der Waals surface area contributed by atoms with Crippen LogP contribution in [-0.2, 0) is 18.3 Å². The van der Waals surface area contributed by atoms with Gasteiger partial charge < -0.3 is 10.1 Å². The number of carbonyl (C=O) groups is 1. The van der Waals surface area contributed by atoms with E-state index in [0.29, 0.717) is 17.2 Å². The molecule has 0 saturated carbocycles. The van der Waals surface area contributed by atoms with E-state index in [2.05, 4.69) is 20.4 Å². The Morgan fingerprint density at radius 1 is 1.33 bits per heavy atom. The van der Waals surface area contributed by atoms with Gasteiger partial charge in [-0.2, -0.15) is 5.10 Å². The van der Waals surface area contributed by atoms with E-state index in [9.17, 15) is 4.79 Å². The number of hydrogen-bond donors (Lipinski definition) is 1. The zero-order chi connectivity index (χ0) is 17.4. The fourth-order valence-corrected chi connectivity index (χ4v) is 3.70. The van der Waals surface area contributed by atoms with Crippen LogP contribution in [0.15, 0.2) is 6.20 Å². The highest BCUT2D eigenvalue weighted by Crippen LogP contribution is 2.34. The van der Waals surface area contributed by atoms with E-state index in [-0.39, 0.29) is 5.97 Å². The third-order valence-electron chi connectivity index (χ3n) is 4.06. The third-order valence-corrected chi connectivity index (χ3v) is 5.22. The maximum atomic E-state index is 11.9. The number of methoxy groups -OCH3 is 1. The molecular formula is C16H19N5O2S. The number of rotatable bonds is 4. The van der Waals surface area contributed by atoms with Crippen LogP contribution < -0.4 is 5.32 Å². The van der Waals surface area contributed by atoms with Gasteiger partial charge in [0.1, 0.15) is 21.3 Å². The van der Waals surface area contributed by atoms with Gasteiger partial charge in [-0.05, 0) is 26.3 Å². The Balaban J connectivity index is 2.02. The van der Waals surface area contributed by atoms with E-state index in [0.717, 1.165) is 32.9 Å². The van der Waals surface area contributed by atoms with Gasteiger partial charge in [0, 0.05) is 24.8 Å². The number of aryl methyl sites for hydroxylation is 3. The van der Waals surface area contributed by atoms with Crippen LogP contribution in [0.3, 0.4) is 0 Å². The molecule has 0 spiro atoms. The van der Waals surface area contributed by atoms with Gasteiger partial charge in [-0.15, -0.1) is 11.3 Å². The molecule has 0 aliphatic rings. The molecule has 7 nitrogen and oxygen atoms in total. The van der Waals surface area contributed by atoms with E-state index in [1.807, 2.05) is 38.7 Å². The summed E-state index contributed by atoms with van der Waals surface area (Å²) in [5.74, 6) is 1.04. The SMILES string of the molecule is COC(=O)c1sc2nc(C)nc(NCc3cnn(C)c3C)c2c1C. The van der Waals surface area contributed by atoms with Crippen molar-refractivity contribution in [2.24, 2.45) is 7.05 Å². The Morgan fingerprint density at radius 2 is 2.08 bits per heavy atom. The molecule has 3 aromatic heterocycles. The minimum Gasteiger partial charge on any atom is -0.465 e. The quantitative estimate of drug-likeness (QED) is 0.732. The number of ether oxygens (including phenoxy) is 1. The van der Waals surface area contributed by atoms with Gasteiger partial charge in [-0.1, -0.05) is 0 Å². The van der Waals surface area contributed by atoms with Crippen molar-refractivity contribution in [3.63, 3.8) is 0 Å². The van der Waals surface area contributed by atoms with Crippen LogP contribution in [0.4, 0.5) is 5.82 Å². The number of aromatic nitrogens is 4. The molecule has 0 aromatic carbocycles. The number of thiophene rings is 1. The van der Waals surface area contributed by atoms with Crippen LogP contribution in [0.1, 0.15) is 32.3 Å². The highest BCUT2D eigenvalue weighted by atomic mass is 32.1. The third kappa shape index (κ3) is 2.73. The topological polar surface area (TPSA) is 81.9 Å². The minimum absolute atomic E-state index is 0.345. The van der Waals surface area contributed by atoms with Crippen molar-refractivity contribution in [2.45, 2.75) is 27.3 Å². The molecule has 0 bridgehead atoms. The van der Waals surface area contributed by atoms with Crippen molar-refractivity contribution < 1.29 is 9.53 Å². The number of nitrogens with one attached hydrogen (secondary N) is 1. The lowest BCUT2D eigenvalue weighted by molar-refractivity contribution is 0.0605. The monoisotopic (exact) mass is 345 g/mol. The van der Waals surface area contributed by atoms with E-state index < -0.39 is 0 Å². The minimum atomic E-state index is -0.345. The van der Waals surface area contributed by atoms with E-state index in [4.69, 9.17) is 4.74 Å². The maximum Gasteiger partial charge on any atom is 0.348 e. The van der Waals surface area contributed by atoms with Gasteiger partial charge in [0.05, 0.1) is 18.7 Å². The molecule has 1 N–H and O–H groups in total. The predicted octanol–water partition coefficient (Wildman–Crippen LogP) is 2.75. The molecule has 0 atom stereocenters. The molecule has 0 aliphatic heterocycles. The Hall–Kier alpha value is -2.48. The fourth-order valence-electron chi connectivity index (χ4n) is 2.56. The van der Waals surface area contributed by atoms with Crippen LogP contribution in [0, 0.1) is 20.8 Å². The number of carbonyl (C=O) groups excluding carboxylic acids is 1. The lowest BCUT2D eigenvalue weighted by Gasteiger charge is -2.08. The Kier molecular flexibility index (Phi) is 4.23. The van der Waals surface area contributed by atoms with Crippen LogP contribution in [0.5, 0.6) is 0 Å². The lowest BCUT2D eigenvalue weighted by atomic mass is 10.2. The molecule has 0 amide bonds. The number of hydrogen-bond acceptors (Lipinski definition) is 7. The molecule has 0 radical (unpaired) electrons. The predicted molar refractivity (Wildman–Crippen MR) is 93.5 cm³/mol. The van der Waals surface area contributed by atoms with Crippen molar-refractivity contribution in [1.29, 1.82) is 0 Å². The number of anilines is 1. The first-order valence-corrected chi connectivity index (χ1v) is 8.31. The molecule has 0 saturated heterocycles. The second-order valence-electron chi connectivity index (χ2n) is 5.58. The molecule has 126 valence electrons. The molecule has 24 heavy (non-hydrogen) atoms. The van der Waals surface area contributed by atoms with Crippen LogP contribution in [0.25, 0.3) is 10.2 Å². The van der Waals surface area contributed by atoms with Gasteiger partial charge >= 0.3 is 5.97 Å². The summed E-state index contributed by atoms with van der Waals surface area (Å²) in [5, 5.41) is 8.48. The van der Waals surface area contributed by atoms with Gasteiger partial charge in [-0.3, -0.25) is 4.68 Å². The summed E-state index contributed by atoms with van der Waals surface area (Å²) in [7, 11) is 3.30. The number of esters is 1. The highest BCUT2D eigenvalue weighted by molar-refractivity contribution is 7.20. The Morgan fingerprint density at radius 3 is 2.71 bits per heavy atom. The zero-order valence-corrected chi connectivity index (χ0v) is 15.1. The van der Waals surface area contributed by atoms with Gasteiger partial charge in [0.15, 0.2) is 0 Å². The summed E-state index contributed by atoms with van der Waals surface area (Å²) in [6.07, 6.45) is 1.84. The summed E-state index contributed by atoms with van der Waals surface area (Å²) in [5.41, 5.74) is 3.04. The van der Waals surface area contributed by atoms with Crippen LogP contribution in [-0.4, -0.2) is 32.8 Å². The Bertz CT molecular complexity index is 928. The average Bonchev–Trinajstić information content (AvgIpc) is 3.05. The van der Waals surface area contributed by atoms with Gasteiger partial charge in [0.25, 0.3) is 0 Å². The van der Waals surface area contributed by atoms with Crippen LogP contribution >= 0.6 is 11.3 Å². The first-order chi connectivity index (χ1) is 11.4. The van der Waals surface area contributed by atoms with Crippen molar-refractivity contribution >= 4 is 33.3 Å². The molecule has 0 aliphatic carbocycles. The average molecular weight is 345 g/mol. The molecule has 0 unspecified atom stereocenters. The summed E-state index contributed by atoms with van der Waals surface area (Å²) in [6, 6.07) is 0. The molecule has 0 fully saturated rings.